The number of nitrogens with zero attached hydrogens (tertiary/aromatic N) is 2. The van der Waals surface area contributed by atoms with E-state index in [0.717, 1.165) is 24.0 Å². The van der Waals surface area contributed by atoms with Crippen LogP contribution in [0.1, 0.15) is 50.2 Å². The van der Waals surface area contributed by atoms with E-state index in [1.807, 2.05) is 12.1 Å². The molecule has 7 nitrogen and oxygen atoms in total. The van der Waals surface area contributed by atoms with E-state index in [2.05, 4.69) is 27.0 Å². The molecule has 0 bridgehead atoms. The second-order valence-corrected chi connectivity index (χ2v) is 9.15. The summed E-state index contributed by atoms with van der Waals surface area (Å²) >= 11 is 0. The number of carbonyl (C=O) groups is 2. The summed E-state index contributed by atoms with van der Waals surface area (Å²) in [5.41, 5.74) is 9.66. The number of hydrogen-bond donors (Lipinski definition) is 3. The van der Waals surface area contributed by atoms with Gasteiger partial charge in [-0.15, -0.1) is 0 Å². The van der Waals surface area contributed by atoms with E-state index in [0.29, 0.717) is 22.2 Å². The smallest absolute Gasteiger partial charge is 0.248 e. The van der Waals surface area contributed by atoms with Crippen molar-refractivity contribution in [3.05, 3.63) is 94.5 Å². The lowest BCUT2D eigenvalue weighted by Gasteiger charge is -2.14. The average Bonchev–Trinajstić information content (AvgIpc) is 3.53. The Kier molecular flexibility index (Phi) is 6.64. The molecule has 5 rings (SSSR count). The summed E-state index contributed by atoms with van der Waals surface area (Å²) < 4.78 is 0. The third-order valence-corrected chi connectivity index (χ3v) is 6.68. The number of nitrogens with two attached hydrogens (primary N) is 1. The van der Waals surface area contributed by atoms with Gasteiger partial charge in [0, 0.05) is 40.4 Å². The van der Waals surface area contributed by atoms with Crippen molar-refractivity contribution in [3.8, 4) is 5.88 Å². The van der Waals surface area contributed by atoms with Crippen LogP contribution < -0.4 is 5.73 Å². The third-order valence-electron chi connectivity index (χ3n) is 6.68. The van der Waals surface area contributed by atoms with Crippen LogP contribution >= 0.6 is 0 Å². The van der Waals surface area contributed by atoms with Gasteiger partial charge in [0.25, 0.3) is 0 Å². The normalized spacial score (nSPS) is 14.1. The van der Waals surface area contributed by atoms with Crippen molar-refractivity contribution in [3.63, 3.8) is 0 Å². The van der Waals surface area contributed by atoms with Crippen LogP contribution in [0.4, 0.5) is 5.69 Å². The van der Waals surface area contributed by atoms with Crippen LogP contribution in [-0.2, 0) is 6.42 Å². The number of ketones is 1. The van der Waals surface area contributed by atoms with Gasteiger partial charge in [-0.05, 0) is 68.2 Å². The number of aromatic amines is 1. The number of likely N-dealkylation sites (tertiary alicyclic amines) is 1. The Bertz CT molecular complexity index is 1450. The summed E-state index contributed by atoms with van der Waals surface area (Å²) in [6.07, 6.45) is 5.26. The maximum Gasteiger partial charge on any atom is 0.248 e. The third kappa shape index (κ3) is 5.06. The zero-order valence-corrected chi connectivity index (χ0v) is 19.9. The summed E-state index contributed by atoms with van der Waals surface area (Å²) in [6.45, 7) is 3.50. The van der Waals surface area contributed by atoms with Gasteiger partial charge in [0.05, 0.1) is 11.3 Å². The Morgan fingerprint density at radius 2 is 1.69 bits per heavy atom. The summed E-state index contributed by atoms with van der Waals surface area (Å²) in [6, 6.07) is 19.6. The minimum Gasteiger partial charge on any atom is -0.494 e. The Labute approximate surface area is 209 Å². The van der Waals surface area contributed by atoms with E-state index in [-0.39, 0.29) is 17.2 Å². The number of H-pyrrole nitrogens is 1. The number of fused-ring (bicyclic) bond motifs is 1. The minimum atomic E-state index is -0.588. The lowest BCUT2D eigenvalue weighted by molar-refractivity contribution is 0.1000. The SMILES string of the molecule is NC(=O)c1cccc(C(=O)c2ccc3c(C=Nc4ccc(CCN5CCCC5)cc4)c(O)[nH]c3c2)c1. The van der Waals surface area contributed by atoms with Gasteiger partial charge in [0.1, 0.15) is 0 Å². The maximum atomic E-state index is 13.0. The molecule has 0 unspecified atom stereocenters. The van der Waals surface area contributed by atoms with E-state index >= 15 is 0 Å². The molecule has 36 heavy (non-hydrogen) atoms. The molecule has 0 aliphatic carbocycles. The van der Waals surface area contributed by atoms with Gasteiger partial charge in [0.2, 0.25) is 5.91 Å². The van der Waals surface area contributed by atoms with Gasteiger partial charge in [0.15, 0.2) is 11.7 Å². The molecule has 4 aromatic rings. The molecule has 182 valence electrons. The van der Waals surface area contributed by atoms with E-state index in [9.17, 15) is 14.7 Å². The van der Waals surface area contributed by atoms with Crippen molar-refractivity contribution in [2.24, 2.45) is 10.7 Å². The quantitative estimate of drug-likeness (QED) is 0.253. The van der Waals surface area contributed by atoms with Gasteiger partial charge in [-0.1, -0.05) is 36.4 Å². The molecular weight excluding hydrogens is 452 g/mol. The topological polar surface area (TPSA) is 112 Å². The van der Waals surface area contributed by atoms with Crippen molar-refractivity contribution in [2.75, 3.05) is 19.6 Å². The Morgan fingerprint density at radius 1 is 0.972 bits per heavy atom. The van der Waals surface area contributed by atoms with Crippen LogP contribution in [0.2, 0.25) is 0 Å². The van der Waals surface area contributed by atoms with Crippen LogP contribution in [0.3, 0.4) is 0 Å². The Balaban J connectivity index is 1.32. The predicted octanol–water partition coefficient (Wildman–Crippen LogP) is 4.59. The summed E-state index contributed by atoms with van der Waals surface area (Å²) in [5, 5.41) is 11.2. The molecule has 0 atom stereocenters. The number of rotatable bonds is 8. The number of hydrogen-bond acceptors (Lipinski definition) is 5. The molecule has 1 aromatic heterocycles. The Hall–Kier alpha value is -4.23. The van der Waals surface area contributed by atoms with Gasteiger partial charge in [-0.3, -0.25) is 14.6 Å². The number of aliphatic imine (C=N–C) groups is 1. The molecule has 4 N–H and O–H groups in total. The zero-order valence-electron chi connectivity index (χ0n) is 19.9. The first-order chi connectivity index (χ1) is 17.5. The fraction of sp³-hybridized carbons (Fsp3) is 0.207. The number of amides is 1. The van der Waals surface area contributed by atoms with Gasteiger partial charge >= 0.3 is 0 Å². The first kappa shape index (κ1) is 23.5. The van der Waals surface area contributed by atoms with Gasteiger partial charge in [-0.25, -0.2) is 0 Å². The van der Waals surface area contributed by atoms with Gasteiger partial charge in [-0.2, -0.15) is 0 Å². The van der Waals surface area contributed by atoms with Crippen molar-refractivity contribution in [2.45, 2.75) is 19.3 Å². The average molecular weight is 481 g/mol. The number of carbonyl (C=O) groups excluding carboxylic acids is 2. The largest absolute Gasteiger partial charge is 0.494 e. The molecular formula is C29H28N4O3. The number of aromatic nitrogens is 1. The fourth-order valence-corrected chi connectivity index (χ4v) is 4.64. The molecule has 1 amide bonds. The summed E-state index contributed by atoms with van der Waals surface area (Å²) in [5.74, 6) is -0.847. The fourth-order valence-electron chi connectivity index (χ4n) is 4.64. The number of aromatic hydroxyl groups is 1. The standard InChI is InChI=1S/C29H28N4O3/c30-28(35)22-5-3-4-20(16-22)27(34)21-8-11-24-25(29(36)32-26(24)17-21)18-31-23-9-6-19(7-10-23)12-15-33-13-1-2-14-33/h3-11,16-18,32,36H,1-2,12-15H2,(H2,30,35). The molecule has 1 fully saturated rings. The highest BCUT2D eigenvalue weighted by molar-refractivity contribution is 6.12. The van der Waals surface area contributed by atoms with E-state index in [1.165, 1.54) is 37.6 Å². The van der Waals surface area contributed by atoms with E-state index in [1.54, 1.807) is 42.6 Å². The second kappa shape index (κ2) is 10.2. The maximum absolute atomic E-state index is 13.0. The Morgan fingerprint density at radius 3 is 2.44 bits per heavy atom. The molecule has 7 heteroatoms. The first-order valence-electron chi connectivity index (χ1n) is 12.1. The van der Waals surface area contributed by atoms with Crippen LogP contribution in [0.15, 0.2) is 71.7 Å². The van der Waals surface area contributed by atoms with Crippen LogP contribution in [0.5, 0.6) is 5.88 Å². The van der Waals surface area contributed by atoms with E-state index in [4.69, 9.17) is 5.73 Å². The first-order valence-corrected chi connectivity index (χ1v) is 12.1. The summed E-state index contributed by atoms with van der Waals surface area (Å²) in [4.78, 5) is 34.4. The van der Waals surface area contributed by atoms with Gasteiger partial charge < -0.3 is 20.7 Å². The highest BCUT2D eigenvalue weighted by atomic mass is 16.3. The predicted molar refractivity (Wildman–Crippen MR) is 141 cm³/mol. The molecule has 2 heterocycles. The van der Waals surface area contributed by atoms with Crippen molar-refractivity contribution in [1.82, 2.24) is 9.88 Å². The van der Waals surface area contributed by atoms with Crippen molar-refractivity contribution >= 4 is 34.5 Å². The van der Waals surface area contributed by atoms with E-state index < -0.39 is 5.91 Å². The van der Waals surface area contributed by atoms with Crippen molar-refractivity contribution < 1.29 is 14.7 Å². The molecule has 3 aromatic carbocycles. The minimum absolute atomic E-state index is 0.0173. The molecule has 0 radical (unpaired) electrons. The zero-order chi connectivity index (χ0) is 25.1. The van der Waals surface area contributed by atoms with Crippen LogP contribution in [0, 0.1) is 0 Å². The monoisotopic (exact) mass is 480 g/mol. The lowest BCUT2D eigenvalue weighted by atomic mass is 10.00. The van der Waals surface area contributed by atoms with Crippen LogP contribution in [0.25, 0.3) is 10.9 Å². The van der Waals surface area contributed by atoms with Crippen LogP contribution in [-0.4, -0.2) is 52.5 Å². The molecule has 1 aliphatic heterocycles. The molecule has 0 saturated carbocycles. The summed E-state index contributed by atoms with van der Waals surface area (Å²) in [7, 11) is 0. The van der Waals surface area contributed by atoms with Crippen molar-refractivity contribution in [1.29, 1.82) is 0 Å². The molecule has 0 spiro atoms. The highest BCUT2D eigenvalue weighted by Gasteiger charge is 2.15. The number of benzene rings is 3. The molecule has 1 saturated heterocycles. The highest BCUT2D eigenvalue weighted by Crippen LogP contribution is 2.28. The number of nitrogens with one attached hydrogen (secondary N) is 1. The number of primary amides is 1. The lowest BCUT2D eigenvalue weighted by Crippen LogP contribution is -2.21. The molecule has 1 aliphatic rings. The second-order valence-electron chi connectivity index (χ2n) is 9.15.